The number of fused-ring (bicyclic) bond motifs is 2. The van der Waals surface area contributed by atoms with Crippen molar-refractivity contribution in [2.24, 2.45) is 14.1 Å². The van der Waals surface area contributed by atoms with Gasteiger partial charge >= 0.3 is 0 Å². The molecular weight excluding hydrogens is 490 g/mol. The average molecular weight is 520 g/mol. The van der Waals surface area contributed by atoms with Gasteiger partial charge in [-0.1, -0.05) is 54.6 Å². The van der Waals surface area contributed by atoms with E-state index in [0.717, 1.165) is 22.0 Å². The van der Waals surface area contributed by atoms with Crippen LogP contribution in [0.3, 0.4) is 0 Å². The number of hydrogen-bond donors (Lipinski definition) is 1. The van der Waals surface area contributed by atoms with Crippen LogP contribution in [0.15, 0.2) is 89.9 Å². The van der Waals surface area contributed by atoms with Gasteiger partial charge in [0.25, 0.3) is 11.5 Å². The van der Waals surface area contributed by atoms with Crippen molar-refractivity contribution in [3.8, 4) is 5.69 Å². The maximum Gasteiger partial charge on any atom is 0.295 e. The van der Waals surface area contributed by atoms with Gasteiger partial charge in [0.1, 0.15) is 11.7 Å². The molecule has 0 spiro atoms. The number of amides is 2. The van der Waals surface area contributed by atoms with E-state index in [4.69, 9.17) is 0 Å². The second-order valence-corrected chi connectivity index (χ2v) is 10.0. The number of hydrogen-bond acceptors (Lipinski definition) is 3. The van der Waals surface area contributed by atoms with Crippen LogP contribution in [0, 0.1) is 6.92 Å². The van der Waals surface area contributed by atoms with Crippen LogP contribution >= 0.6 is 0 Å². The average Bonchev–Trinajstić information content (AvgIpc) is 3.51. The zero-order valence-electron chi connectivity index (χ0n) is 22.3. The van der Waals surface area contributed by atoms with Gasteiger partial charge in [0.05, 0.1) is 17.4 Å². The second-order valence-electron chi connectivity index (χ2n) is 10.0. The minimum Gasteiger partial charge on any atom is -0.350 e. The number of aryl methyl sites for hydroxylation is 1. The van der Waals surface area contributed by atoms with Crippen LogP contribution in [0.25, 0.3) is 16.6 Å². The summed E-state index contributed by atoms with van der Waals surface area (Å²) < 4.78 is 5.28. The molecule has 0 fully saturated rings. The molecule has 1 N–H and O–H groups in total. The van der Waals surface area contributed by atoms with Gasteiger partial charge in [0, 0.05) is 42.3 Å². The maximum absolute atomic E-state index is 13.8. The highest BCUT2D eigenvalue weighted by molar-refractivity contribution is 6.05. The molecular formula is C31H29N5O3. The van der Waals surface area contributed by atoms with Gasteiger partial charge in [-0.2, -0.15) is 0 Å². The number of nitrogens with one attached hydrogen (secondary N) is 1. The van der Waals surface area contributed by atoms with Crippen LogP contribution in [0.4, 0.5) is 5.69 Å². The first kappa shape index (κ1) is 24.5. The van der Waals surface area contributed by atoms with E-state index in [1.807, 2.05) is 90.6 Å². The molecule has 8 nitrogen and oxygen atoms in total. The lowest BCUT2D eigenvalue weighted by atomic mass is 9.97. The molecule has 2 unspecified atom stereocenters. The third-order valence-corrected chi connectivity index (χ3v) is 7.82. The molecule has 196 valence electrons. The number of para-hydroxylation sites is 2. The predicted molar refractivity (Wildman–Crippen MR) is 151 cm³/mol. The summed E-state index contributed by atoms with van der Waals surface area (Å²) in [6.07, 6.45) is 2.03. The highest BCUT2D eigenvalue weighted by atomic mass is 16.2. The van der Waals surface area contributed by atoms with Gasteiger partial charge in [-0.15, -0.1) is 0 Å². The molecule has 3 aromatic carbocycles. The van der Waals surface area contributed by atoms with Gasteiger partial charge in [0.2, 0.25) is 5.91 Å². The summed E-state index contributed by atoms with van der Waals surface area (Å²) in [6.45, 7) is 3.50. The first-order chi connectivity index (χ1) is 18.8. The monoisotopic (exact) mass is 519 g/mol. The Morgan fingerprint density at radius 3 is 2.31 bits per heavy atom. The largest absolute Gasteiger partial charge is 0.350 e. The number of carbonyl (C=O) groups excluding carboxylic acids is 2. The quantitative estimate of drug-likeness (QED) is 0.370. The molecule has 3 heterocycles. The molecule has 0 radical (unpaired) electrons. The Hall–Kier alpha value is -4.85. The summed E-state index contributed by atoms with van der Waals surface area (Å²) in [5.41, 5.74) is 4.62. The van der Waals surface area contributed by atoms with E-state index in [0.29, 0.717) is 16.9 Å². The topological polar surface area (TPSA) is 81.3 Å². The van der Waals surface area contributed by atoms with E-state index < -0.39 is 18.0 Å². The fraction of sp³-hybridized carbons (Fsp3) is 0.194. The molecule has 1 aliphatic heterocycles. The van der Waals surface area contributed by atoms with Gasteiger partial charge in [-0.05, 0) is 43.7 Å². The third kappa shape index (κ3) is 3.71. The van der Waals surface area contributed by atoms with Gasteiger partial charge in [-0.3, -0.25) is 19.1 Å². The molecule has 39 heavy (non-hydrogen) atoms. The number of nitrogens with zero attached hydrogens (tertiary/aromatic N) is 4. The van der Waals surface area contributed by atoms with E-state index in [-0.39, 0.29) is 17.2 Å². The third-order valence-electron chi connectivity index (χ3n) is 7.82. The molecule has 0 saturated carbocycles. The Kier molecular flexibility index (Phi) is 5.75. The Morgan fingerprint density at radius 1 is 0.872 bits per heavy atom. The van der Waals surface area contributed by atoms with Crippen molar-refractivity contribution in [2.45, 2.75) is 25.9 Å². The maximum atomic E-state index is 13.8. The molecule has 2 atom stereocenters. The lowest BCUT2D eigenvalue weighted by molar-refractivity contribution is -0.120. The first-order valence-electron chi connectivity index (χ1n) is 12.9. The van der Waals surface area contributed by atoms with E-state index in [2.05, 4.69) is 5.32 Å². The van der Waals surface area contributed by atoms with Crippen LogP contribution in [-0.2, 0) is 18.9 Å². The van der Waals surface area contributed by atoms with E-state index >= 15 is 0 Å². The van der Waals surface area contributed by atoms with Crippen LogP contribution < -0.4 is 10.9 Å². The van der Waals surface area contributed by atoms with Crippen LogP contribution in [0.2, 0.25) is 0 Å². The molecule has 0 aliphatic carbocycles. The fourth-order valence-electron chi connectivity index (χ4n) is 5.71. The minimum atomic E-state index is -0.849. The van der Waals surface area contributed by atoms with E-state index in [1.54, 1.807) is 36.5 Å². The highest BCUT2D eigenvalue weighted by Gasteiger charge is 2.43. The number of rotatable bonds is 5. The Bertz CT molecular complexity index is 1810. The second kappa shape index (κ2) is 9.16. The first-order valence-corrected chi connectivity index (χ1v) is 12.9. The standard InChI is InChI=1S/C31H29N5O3/c1-19-27(31(39)36(34(19)4)21-12-6-5-7-13-21)32-29(37)20(2)35-28(23-15-8-9-16-24(23)30(35)38)25-18-33(3)26-17-11-10-14-22(25)26/h5-18,20,28H,1-4H3,(H,32,37). The number of anilines is 1. The summed E-state index contributed by atoms with van der Waals surface area (Å²) in [5.74, 6) is -0.634. The molecule has 2 aromatic heterocycles. The van der Waals surface area contributed by atoms with Crippen LogP contribution in [0.5, 0.6) is 0 Å². The molecule has 5 aromatic rings. The van der Waals surface area contributed by atoms with E-state index in [1.165, 1.54) is 4.68 Å². The van der Waals surface area contributed by atoms with Crippen molar-refractivity contribution in [2.75, 3.05) is 5.32 Å². The van der Waals surface area contributed by atoms with Crippen molar-refractivity contribution >= 4 is 28.4 Å². The number of carbonyl (C=O) groups is 2. The zero-order chi connectivity index (χ0) is 27.4. The minimum absolute atomic E-state index is 0.198. The van der Waals surface area contributed by atoms with Gasteiger partial charge in [0.15, 0.2) is 0 Å². The summed E-state index contributed by atoms with van der Waals surface area (Å²) in [6, 6.07) is 23.5. The zero-order valence-corrected chi connectivity index (χ0v) is 22.3. The van der Waals surface area contributed by atoms with Crippen molar-refractivity contribution in [3.05, 3.63) is 118 Å². The molecule has 8 heteroatoms. The van der Waals surface area contributed by atoms with Gasteiger partial charge in [-0.25, -0.2) is 4.68 Å². The molecule has 1 aliphatic rings. The van der Waals surface area contributed by atoms with Crippen molar-refractivity contribution in [3.63, 3.8) is 0 Å². The summed E-state index contributed by atoms with van der Waals surface area (Å²) in [4.78, 5) is 42.6. The number of aromatic nitrogens is 3. The molecule has 0 bridgehead atoms. The molecule has 2 amide bonds. The fourth-order valence-corrected chi connectivity index (χ4v) is 5.71. The van der Waals surface area contributed by atoms with Crippen molar-refractivity contribution in [1.29, 1.82) is 0 Å². The van der Waals surface area contributed by atoms with Crippen LogP contribution in [0.1, 0.15) is 40.1 Å². The predicted octanol–water partition coefficient (Wildman–Crippen LogP) is 4.55. The lowest BCUT2D eigenvalue weighted by Crippen LogP contribution is -2.45. The van der Waals surface area contributed by atoms with Crippen LogP contribution in [-0.4, -0.2) is 36.7 Å². The number of benzene rings is 3. The summed E-state index contributed by atoms with van der Waals surface area (Å²) in [5, 5.41) is 3.88. The lowest BCUT2D eigenvalue weighted by Gasteiger charge is -2.30. The molecule has 0 saturated heterocycles. The van der Waals surface area contributed by atoms with Gasteiger partial charge < -0.3 is 14.8 Å². The SMILES string of the molecule is Cc1c(NC(=O)C(C)N2C(=O)c3ccccc3C2c2cn(C)c3ccccc23)c(=O)n(-c2ccccc2)n1C. The highest BCUT2D eigenvalue weighted by Crippen LogP contribution is 2.42. The molecule has 6 rings (SSSR count). The van der Waals surface area contributed by atoms with Crippen molar-refractivity contribution < 1.29 is 9.59 Å². The van der Waals surface area contributed by atoms with E-state index in [9.17, 15) is 14.4 Å². The Morgan fingerprint density at radius 2 is 1.54 bits per heavy atom. The van der Waals surface area contributed by atoms with Crippen molar-refractivity contribution in [1.82, 2.24) is 18.8 Å². The summed E-state index contributed by atoms with van der Waals surface area (Å²) in [7, 11) is 3.75. The normalized spacial score (nSPS) is 15.5. The smallest absolute Gasteiger partial charge is 0.295 e. The Labute approximate surface area is 225 Å². The summed E-state index contributed by atoms with van der Waals surface area (Å²) >= 11 is 0. The Balaban J connectivity index is 1.40.